The number of aromatic nitrogens is 1. The molecule has 4 nitrogen and oxygen atoms in total. The second-order valence-corrected chi connectivity index (χ2v) is 4.20. The molecule has 2 N–H and O–H groups in total. The van der Waals surface area contributed by atoms with Crippen LogP contribution in [-0.2, 0) is 13.0 Å². The fourth-order valence-corrected chi connectivity index (χ4v) is 2.37. The van der Waals surface area contributed by atoms with Crippen LogP contribution in [0.3, 0.4) is 0 Å². The fourth-order valence-electron chi connectivity index (χ4n) is 2.37. The van der Waals surface area contributed by atoms with E-state index in [9.17, 15) is 5.11 Å². The number of nitrogens with zero attached hydrogens (tertiary/aromatic N) is 1. The van der Waals surface area contributed by atoms with E-state index in [1.165, 1.54) is 5.56 Å². The summed E-state index contributed by atoms with van der Waals surface area (Å²) in [5, 5.41) is 13.8. The van der Waals surface area contributed by atoms with Crippen molar-refractivity contribution < 1.29 is 9.84 Å². The highest BCUT2D eigenvalue weighted by molar-refractivity contribution is 5.88. The average molecular weight is 230 g/mol. The molecule has 88 valence electrons. The lowest BCUT2D eigenvalue weighted by Crippen LogP contribution is -2.25. The van der Waals surface area contributed by atoms with Gasteiger partial charge in [0.05, 0.1) is 18.3 Å². The van der Waals surface area contributed by atoms with Crippen LogP contribution in [0.15, 0.2) is 18.2 Å². The number of hydrogen-bond acceptors (Lipinski definition) is 4. The molecule has 1 aliphatic rings. The summed E-state index contributed by atoms with van der Waals surface area (Å²) in [6.07, 6.45) is 0.933. The van der Waals surface area contributed by atoms with Gasteiger partial charge in [-0.2, -0.15) is 0 Å². The van der Waals surface area contributed by atoms with Gasteiger partial charge in [-0.25, -0.2) is 0 Å². The van der Waals surface area contributed by atoms with E-state index in [1.54, 1.807) is 19.2 Å². The number of ether oxygens (including phenoxy) is 1. The molecule has 0 radical (unpaired) electrons. The number of methoxy groups -OCH3 is 1. The van der Waals surface area contributed by atoms with Crippen LogP contribution in [0.25, 0.3) is 10.9 Å². The molecule has 1 aromatic carbocycles. The number of fused-ring (bicyclic) bond motifs is 2. The van der Waals surface area contributed by atoms with E-state index in [2.05, 4.69) is 10.3 Å². The molecule has 2 heterocycles. The van der Waals surface area contributed by atoms with Gasteiger partial charge in [0.15, 0.2) is 0 Å². The minimum Gasteiger partial charge on any atom is -0.508 e. The van der Waals surface area contributed by atoms with Crippen LogP contribution in [0.1, 0.15) is 11.3 Å². The van der Waals surface area contributed by atoms with Gasteiger partial charge in [0, 0.05) is 23.6 Å². The van der Waals surface area contributed by atoms with Crippen molar-refractivity contribution in [2.75, 3.05) is 13.7 Å². The summed E-state index contributed by atoms with van der Waals surface area (Å²) in [7, 11) is 1.68. The monoisotopic (exact) mass is 230 g/mol. The minimum atomic E-state index is 0.232. The van der Waals surface area contributed by atoms with Crippen molar-refractivity contribution in [2.45, 2.75) is 13.0 Å². The van der Waals surface area contributed by atoms with Gasteiger partial charge >= 0.3 is 0 Å². The van der Waals surface area contributed by atoms with Crippen molar-refractivity contribution in [1.29, 1.82) is 0 Å². The number of rotatable bonds is 1. The lowest BCUT2D eigenvalue weighted by Gasteiger charge is -2.20. The van der Waals surface area contributed by atoms with Gasteiger partial charge < -0.3 is 15.2 Å². The maximum atomic E-state index is 9.50. The maximum absolute atomic E-state index is 9.50. The highest BCUT2D eigenvalue weighted by atomic mass is 16.5. The third-order valence-corrected chi connectivity index (χ3v) is 3.15. The normalized spacial score (nSPS) is 14.6. The molecule has 17 heavy (non-hydrogen) atoms. The fraction of sp³-hybridized carbons (Fsp3) is 0.308. The zero-order valence-electron chi connectivity index (χ0n) is 9.66. The Morgan fingerprint density at radius 1 is 1.41 bits per heavy atom. The Hall–Kier alpha value is -1.81. The summed E-state index contributed by atoms with van der Waals surface area (Å²) in [5.41, 5.74) is 2.99. The predicted octanol–water partition coefficient (Wildman–Crippen LogP) is 1.59. The zero-order valence-corrected chi connectivity index (χ0v) is 9.66. The van der Waals surface area contributed by atoms with Crippen molar-refractivity contribution in [3.05, 3.63) is 29.5 Å². The lowest BCUT2D eigenvalue weighted by molar-refractivity contribution is 0.410. The quantitative estimate of drug-likeness (QED) is 0.781. The first-order chi connectivity index (χ1) is 8.29. The molecule has 4 heteroatoms. The summed E-state index contributed by atoms with van der Waals surface area (Å²) in [6, 6.07) is 5.20. The molecule has 2 aromatic rings. The Labute approximate surface area is 99.2 Å². The third kappa shape index (κ3) is 1.61. The Morgan fingerprint density at radius 2 is 2.29 bits per heavy atom. The third-order valence-electron chi connectivity index (χ3n) is 3.15. The van der Waals surface area contributed by atoms with Gasteiger partial charge in [-0.05, 0) is 25.1 Å². The van der Waals surface area contributed by atoms with Crippen molar-refractivity contribution in [3.63, 3.8) is 0 Å². The van der Waals surface area contributed by atoms with Crippen LogP contribution in [-0.4, -0.2) is 23.7 Å². The molecule has 0 aliphatic carbocycles. The molecule has 0 saturated heterocycles. The Bertz CT molecular complexity index is 581. The highest BCUT2D eigenvalue weighted by Gasteiger charge is 2.18. The number of hydrogen-bond donors (Lipinski definition) is 2. The molecular formula is C13H14N2O2. The topological polar surface area (TPSA) is 54.4 Å². The van der Waals surface area contributed by atoms with E-state index < -0.39 is 0 Å². The Kier molecular flexibility index (Phi) is 2.37. The van der Waals surface area contributed by atoms with Crippen LogP contribution in [0.4, 0.5) is 0 Å². The largest absolute Gasteiger partial charge is 0.508 e. The van der Waals surface area contributed by atoms with Gasteiger partial charge in [-0.15, -0.1) is 0 Å². The smallest absolute Gasteiger partial charge is 0.133 e. The standard InChI is InChI=1S/C13H14N2O2/c1-17-13-9-3-2-8(16)6-11(9)15-12-7-14-5-4-10(12)13/h2-3,6,14,16H,4-5,7H2,1H3. The minimum absolute atomic E-state index is 0.232. The highest BCUT2D eigenvalue weighted by Crippen LogP contribution is 2.33. The number of nitrogens with one attached hydrogen (secondary N) is 1. The molecule has 0 spiro atoms. The van der Waals surface area contributed by atoms with E-state index in [4.69, 9.17) is 4.74 Å². The summed E-state index contributed by atoms with van der Waals surface area (Å²) >= 11 is 0. The predicted molar refractivity (Wildman–Crippen MR) is 65.4 cm³/mol. The number of aromatic hydroxyl groups is 1. The first kappa shape index (κ1) is 10.4. The molecule has 0 saturated carbocycles. The molecule has 0 amide bonds. The molecule has 1 aliphatic heterocycles. The number of benzene rings is 1. The Morgan fingerprint density at radius 3 is 3.12 bits per heavy atom. The number of pyridine rings is 1. The summed E-state index contributed by atoms with van der Waals surface area (Å²) < 4.78 is 5.52. The van der Waals surface area contributed by atoms with Gasteiger partial charge in [0.1, 0.15) is 11.5 Å². The Balaban J connectivity index is 2.34. The summed E-state index contributed by atoms with van der Waals surface area (Å²) in [5.74, 6) is 1.13. The van der Waals surface area contributed by atoms with Crippen LogP contribution < -0.4 is 10.1 Å². The second-order valence-electron chi connectivity index (χ2n) is 4.20. The zero-order chi connectivity index (χ0) is 11.8. The average Bonchev–Trinajstić information content (AvgIpc) is 2.35. The number of phenols is 1. The molecule has 0 fully saturated rings. The molecule has 1 aromatic heterocycles. The summed E-state index contributed by atoms with van der Waals surface area (Å²) in [4.78, 5) is 4.58. The lowest BCUT2D eigenvalue weighted by atomic mass is 10.0. The van der Waals surface area contributed by atoms with Gasteiger partial charge in [-0.1, -0.05) is 0 Å². The molecular weight excluding hydrogens is 216 g/mol. The second kappa shape index (κ2) is 3.89. The van der Waals surface area contributed by atoms with Crippen LogP contribution in [0, 0.1) is 0 Å². The van der Waals surface area contributed by atoms with Crippen molar-refractivity contribution >= 4 is 10.9 Å². The van der Waals surface area contributed by atoms with E-state index >= 15 is 0 Å². The van der Waals surface area contributed by atoms with Gasteiger partial charge in [-0.3, -0.25) is 4.98 Å². The van der Waals surface area contributed by atoms with Crippen molar-refractivity contribution in [3.8, 4) is 11.5 Å². The molecule has 0 unspecified atom stereocenters. The first-order valence-corrected chi connectivity index (χ1v) is 5.69. The molecule has 0 bridgehead atoms. The SMILES string of the molecule is COc1c2c(nc3cc(O)ccc13)CNCC2. The van der Waals surface area contributed by atoms with Crippen LogP contribution in [0.2, 0.25) is 0 Å². The van der Waals surface area contributed by atoms with E-state index in [-0.39, 0.29) is 5.75 Å². The van der Waals surface area contributed by atoms with E-state index in [0.717, 1.165) is 41.9 Å². The van der Waals surface area contributed by atoms with Gasteiger partial charge in [0.2, 0.25) is 0 Å². The van der Waals surface area contributed by atoms with E-state index in [0.29, 0.717) is 0 Å². The van der Waals surface area contributed by atoms with E-state index in [1.807, 2.05) is 6.07 Å². The number of phenolic OH excluding ortho intramolecular Hbond substituents is 1. The molecule has 0 atom stereocenters. The van der Waals surface area contributed by atoms with Crippen LogP contribution >= 0.6 is 0 Å². The first-order valence-electron chi connectivity index (χ1n) is 5.69. The maximum Gasteiger partial charge on any atom is 0.133 e. The summed E-state index contributed by atoms with van der Waals surface area (Å²) in [6.45, 7) is 1.71. The molecule has 3 rings (SSSR count). The van der Waals surface area contributed by atoms with Crippen molar-refractivity contribution in [1.82, 2.24) is 10.3 Å². The van der Waals surface area contributed by atoms with Gasteiger partial charge in [0.25, 0.3) is 0 Å². The van der Waals surface area contributed by atoms with Crippen molar-refractivity contribution in [2.24, 2.45) is 0 Å². The van der Waals surface area contributed by atoms with Crippen LogP contribution in [0.5, 0.6) is 11.5 Å².